The van der Waals surface area contributed by atoms with Crippen LogP contribution in [0, 0.1) is 0 Å². The van der Waals surface area contributed by atoms with E-state index in [0.717, 1.165) is 6.42 Å². The Labute approximate surface area is 96.1 Å². The summed E-state index contributed by atoms with van der Waals surface area (Å²) in [4.78, 5) is 24.7. The summed E-state index contributed by atoms with van der Waals surface area (Å²) in [5, 5.41) is 3.06. The third kappa shape index (κ3) is 3.02. The first-order valence-electron chi connectivity index (χ1n) is 5.70. The molecule has 5 nitrogen and oxygen atoms in total. The molecule has 1 fully saturated rings. The molecule has 1 N–H and O–H groups in total. The minimum absolute atomic E-state index is 0.0446. The first-order chi connectivity index (χ1) is 7.60. The number of amides is 2. The summed E-state index contributed by atoms with van der Waals surface area (Å²) in [5.41, 5.74) is 0. The number of rotatable bonds is 6. The van der Waals surface area contributed by atoms with E-state index in [2.05, 4.69) is 5.32 Å². The molecule has 5 heteroatoms. The van der Waals surface area contributed by atoms with E-state index in [1.807, 2.05) is 13.8 Å². The molecule has 0 bridgehead atoms. The molecule has 0 aliphatic carbocycles. The van der Waals surface area contributed by atoms with Crippen molar-refractivity contribution >= 4 is 11.8 Å². The molecular weight excluding hydrogens is 208 g/mol. The molecule has 2 atom stereocenters. The van der Waals surface area contributed by atoms with Crippen LogP contribution in [-0.4, -0.2) is 49.1 Å². The predicted octanol–water partition coefficient (Wildman–Crippen LogP) is 0.148. The van der Waals surface area contributed by atoms with Gasteiger partial charge in [0.2, 0.25) is 11.8 Å². The number of hydrogen-bond donors (Lipinski definition) is 1. The SMILES string of the molecule is CCCN1C(=O)CC(NCC(C)OC)C1=O. The van der Waals surface area contributed by atoms with Crippen molar-refractivity contribution in [2.24, 2.45) is 0 Å². The Hall–Kier alpha value is -0.940. The number of ether oxygens (including phenoxy) is 1. The van der Waals surface area contributed by atoms with E-state index in [-0.39, 0.29) is 30.4 Å². The predicted molar refractivity (Wildman–Crippen MR) is 59.9 cm³/mol. The van der Waals surface area contributed by atoms with Crippen LogP contribution < -0.4 is 5.32 Å². The van der Waals surface area contributed by atoms with Gasteiger partial charge in [0.25, 0.3) is 0 Å². The van der Waals surface area contributed by atoms with Gasteiger partial charge in [0.15, 0.2) is 0 Å². The molecule has 1 aliphatic rings. The van der Waals surface area contributed by atoms with Gasteiger partial charge in [0.1, 0.15) is 0 Å². The average molecular weight is 228 g/mol. The first-order valence-corrected chi connectivity index (χ1v) is 5.70. The highest BCUT2D eigenvalue weighted by molar-refractivity contribution is 6.05. The van der Waals surface area contributed by atoms with Crippen LogP contribution >= 0.6 is 0 Å². The van der Waals surface area contributed by atoms with Gasteiger partial charge in [-0.25, -0.2) is 0 Å². The normalized spacial score (nSPS) is 22.9. The molecule has 2 unspecified atom stereocenters. The summed E-state index contributed by atoms with van der Waals surface area (Å²) in [6.07, 6.45) is 1.12. The fourth-order valence-electron chi connectivity index (χ4n) is 1.69. The van der Waals surface area contributed by atoms with Gasteiger partial charge >= 0.3 is 0 Å². The number of carbonyl (C=O) groups is 2. The van der Waals surface area contributed by atoms with Gasteiger partial charge < -0.3 is 10.1 Å². The number of carbonyl (C=O) groups excluding carboxylic acids is 2. The Kier molecular flexibility index (Phi) is 4.89. The first kappa shape index (κ1) is 13.1. The summed E-state index contributed by atoms with van der Waals surface area (Å²) >= 11 is 0. The summed E-state index contributed by atoms with van der Waals surface area (Å²) in [6.45, 7) is 4.97. The van der Waals surface area contributed by atoms with Crippen LogP contribution in [0.25, 0.3) is 0 Å². The van der Waals surface area contributed by atoms with E-state index < -0.39 is 0 Å². The van der Waals surface area contributed by atoms with Crippen molar-refractivity contribution in [3.05, 3.63) is 0 Å². The van der Waals surface area contributed by atoms with Crippen molar-refractivity contribution in [2.75, 3.05) is 20.2 Å². The smallest absolute Gasteiger partial charge is 0.246 e. The maximum Gasteiger partial charge on any atom is 0.246 e. The van der Waals surface area contributed by atoms with Crippen molar-refractivity contribution in [3.63, 3.8) is 0 Å². The maximum atomic E-state index is 11.8. The average Bonchev–Trinajstić information content (AvgIpc) is 2.54. The van der Waals surface area contributed by atoms with Gasteiger partial charge in [0.05, 0.1) is 18.6 Å². The molecular formula is C11H20N2O3. The second-order valence-electron chi connectivity index (χ2n) is 4.09. The van der Waals surface area contributed by atoms with Crippen LogP contribution in [-0.2, 0) is 14.3 Å². The van der Waals surface area contributed by atoms with Gasteiger partial charge in [0, 0.05) is 20.2 Å². The minimum atomic E-state index is -0.364. The van der Waals surface area contributed by atoms with Crippen LogP contribution in [0.4, 0.5) is 0 Å². The monoisotopic (exact) mass is 228 g/mol. The molecule has 1 rings (SSSR count). The molecule has 0 spiro atoms. The molecule has 1 heterocycles. The second kappa shape index (κ2) is 5.96. The van der Waals surface area contributed by atoms with E-state index in [1.165, 1.54) is 4.90 Å². The van der Waals surface area contributed by atoms with Crippen molar-refractivity contribution < 1.29 is 14.3 Å². The van der Waals surface area contributed by atoms with Crippen molar-refractivity contribution in [1.29, 1.82) is 0 Å². The van der Waals surface area contributed by atoms with Gasteiger partial charge in [-0.2, -0.15) is 0 Å². The highest BCUT2D eigenvalue weighted by atomic mass is 16.5. The molecule has 0 radical (unpaired) electrons. The van der Waals surface area contributed by atoms with Crippen molar-refractivity contribution in [1.82, 2.24) is 10.2 Å². The van der Waals surface area contributed by atoms with Gasteiger partial charge in [-0.05, 0) is 13.3 Å². The van der Waals surface area contributed by atoms with Crippen LogP contribution in [0.3, 0.4) is 0 Å². The second-order valence-corrected chi connectivity index (χ2v) is 4.09. The number of nitrogens with one attached hydrogen (secondary N) is 1. The van der Waals surface area contributed by atoms with Gasteiger partial charge in [-0.1, -0.05) is 6.92 Å². The molecule has 0 saturated carbocycles. The Morgan fingerprint density at radius 2 is 2.25 bits per heavy atom. The summed E-state index contributed by atoms with van der Waals surface area (Å²) in [6, 6.07) is -0.364. The van der Waals surface area contributed by atoms with Crippen molar-refractivity contribution in [2.45, 2.75) is 38.8 Å². The topological polar surface area (TPSA) is 58.6 Å². The lowest BCUT2D eigenvalue weighted by molar-refractivity contribution is -0.138. The minimum Gasteiger partial charge on any atom is -0.380 e. The van der Waals surface area contributed by atoms with Gasteiger partial charge in [-0.15, -0.1) is 0 Å². The largest absolute Gasteiger partial charge is 0.380 e. The number of nitrogens with zero attached hydrogens (tertiary/aromatic N) is 1. The van der Waals surface area contributed by atoms with E-state index in [4.69, 9.17) is 4.74 Å². The summed E-state index contributed by atoms with van der Waals surface area (Å²) in [7, 11) is 1.62. The summed E-state index contributed by atoms with van der Waals surface area (Å²) in [5.74, 6) is -0.176. The Balaban J connectivity index is 2.46. The van der Waals surface area contributed by atoms with E-state index in [1.54, 1.807) is 7.11 Å². The highest BCUT2D eigenvalue weighted by Gasteiger charge is 2.37. The van der Waals surface area contributed by atoms with Crippen molar-refractivity contribution in [3.8, 4) is 0 Å². The Morgan fingerprint density at radius 1 is 1.56 bits per heavy atom. The Bertz CT molecular complexity index is 268. The number of likely N-dealkylation sites (tertiary alicyclic amines) is 1. The lowest BCUT2D eigenvalue weighted by Crippen LogP contribution is -2.41. The molecule has 2 amide bonds. The van der Waals surface area contributed by atoms with E-state index in [9.17, 15) is 9.59 Å². The molecule has 1 aliphatic heterocycles. The third-order valence-electron chi connectivity index (χ3n) is 2.75. The molecule has 92 valence electrons. The number of hydrogen-bond acceptors (Lipinski definition) is 4. The molecule has 1 saturated heterocycles. The van der Waals surface area contributed by atoms with Crippen LogP contribution in [0.15, 0.2) is 0 Å². The molecule has 0 aromatic rings. The zero-order valence-electron chi connectivity index (χ0n) is 10.2. The summed E-state index contributed by atoms with van der Waals surface area (Å²) < 4.78 is 5.07. The quantitative estimate of drug-likeness (QED) is 0.657. The fourth-order valence-corrected chi connectivity index (χ4v) is 1.69. The van der Waals surface area contributed by atoms with Crippen LogP contribution in [0.5, 0.6) is 0 Å². The standard InChI is InChI=1S/C11H20N2O3/c1-4-5-13-10(14)6-9(11(13)15)12-7-8(2)16-3/h8-9,12H,4-7H2,1-3H3. The van der Waals surface area contributed by atoms with Crippen LogP contribution in [0.1, 0.15) is 26.7 Å². The zero-order chi connectivity index (χ0) is 12.1. The van der Waals surface area contributed by atoms with Gasteiger partial charge in [-0.3, -0.25) is 14.5 Å². The fraction of sp³-hybridized carbons (Fsp3) is 0.818. The number of imide groups is 1. The Morgan fingerprint density at radius 3 is 2.81 bits per heavy atom. The molecule has 0 aromatic heterocycles. The number of methoxy groups -OCH3 is 1. The lowest BCUT2D eigenvalue weighted by Gasteiger charge is -2.16. The third-order valence-corrected chi connectivity index (χ3v) is 2.75. The van der Waals surface area contributed by atoms with Crippen LogP contribution in [0.2, 0.25) is 0 Å². The van der Waals surface area contributed by atoms with E-state index in [0.29, 0.717) is 13.1 Å². The highest BCUT2D eigenvalue weighted by Crippen LogP contribution is 2.13. The van der Waals surface area contributed by atoms with E-state index >= 15 is 0 Å². The molecule has 16 heavy (non-hydrogen) atoms. The molecule has 0 aromatic carbocycles. The lowest BCUT2D eigenvalue weighted by atomic mass is 10.2. The maximum absolute atomic E-state index is 11.8. The zero-order valence-corrected chi connectivity index (χ0v) is 10.2.